The third kappa shape index (κ3) is 6.87. The van der Waals surface area contributed by atoms with E-state index in [4.69, 9.17) is 5.73 Å². The van der Waals surface area contributed by atoms with Crippen LogP contribution in [0.3, 0.4) is 0 Å². The number of phenols is 1. The Balaban J connectivity index is 1.88. The standard InChI is InChI=1S/C30H30F2N4O8S/c1-3-45(42,43)25-9-6-19(34-30(41)44-2)14-20(25)27-18(15-37)10-11-36(27)29(40)26(16-4-8-22(32)24(38)13-16)35-23-12-17(28(33)39)5-7-21(23)31/h4-9,12-15,18,26-27,35,38H,3,10-11H2,1-2H3,(H2,33,39)(H,34,41)/t18-,26+,27-/m1/s1. The van der Waals surface area contributed by atoms with E-state index in [9.17, 15) is 41.5 Å². The molecule has 0 unspecified atom stereocenters. The summed E-state index contributed by atoms with van der Waals surface area (Å²) in [5.74, 6) is -5.55. The van der Waals surface area contributed by atoms with Gasteiger partial charge in [0.2, 0.25) is 11.8 Å². The van der Waals surface area contributed by atoms with Gasteiger partial charge in [0.15, 0.2) is 21.4 Å². The number of rotatable bonds is 10. The van der Waals surface area contributed by atoms with Gasteiger partial charge < -0.3 is 30.6 Å². The molecule has 0 saturated carbocycles. The van der Waals surface area contributed by atoms with Gasteiger partial charge in [0.05, 0.1) is 29.5 Å². The molecule has 0 spiro atoms. The highest BCUT2D eigenvalue weighted by atomic mass is 32.2. The summed E-state index contributed by atoms with van der Waals surface area (Å²) >= 11 is 0. The van der Waals surface area contributed by atoms with Gasteiger partial charge in [0, 0.05) is 23.7 Å². The van der Waals surface area contributed by atoms with E-state index in [0.717, 1.165) is 37.4 Å². The molecule has 3 aromatic rings. The molecule has 1 fully saturated rings. The molecule has 1 aliphatic rings. The molecule has 5 N–H and O–H groups in total. The summed E-state index contributed by atoms with van der Waals surface area (Å²) in [6.07, 6.45) is -0.144. The van der Waals surface area contributed by atoms with Crippen molar-refractivity contribution >= 4 is 45.4 Å². The number of carbonyl (C=O) groups excluding carboxylic acids is 4. The second kappa shape index (κ2) is 13.3. The Morgan fingerprint density at radius 3 is 2.44 bits per heavy atom. The fourth-order valence-electron chi connectivity index (χ4n) is 5.18. The van der Waals surface area contributed by atoms with Crippen LogP contribution >= 0.6 is 0 Å². The minimum Gasteiger partial charge on any atom is -0.505 e. The fourth-order valence-corrected chi connectivity index (χ4v) is 6.30. The van der Waals surface area contributed by atoms with Crippen molar-refractivity contribution in [3.63, 3.8) is 0 Å². The molecule has 45 heavy (non-hydrogen) atoms. The number of likely N-dealkylation sites (tertiary alicyclic amines) is 1. The molecule has 4 rings (SSSR count). The fraction of sp³-hybridized carbons (Fsp3) is 0.267. The molecule has 3 atom stereocenters. The van der Waals surface area contributed by atoms with E-state index < -0.39 is 63.1 Å². The Kier molecular flexibility index (Phi) is 9.71. The number of amides is 3. The van der Waals surface area contributed by atoms with Crippen LogP contribution in [-0.4, -0.2) is 62.0 Å². The highest BCUT2D eigenvalue weighted by Gasteiger charge is 2.43. The first-order valence-corrected chi connectivity index (χ1v) is 15.3. The summed E-state index contributed by atoms with van der Waals surface area (Å²) < 4.78 is 59.9. The molecule has 12 nitrogen and oxygen atoms in total. The molecule has 0 aromatic heterocycles. The number of anilines is 2. The van der Waals surface area contributed by atoms with E-state index in [-0.39, 0.29) is 51.7 Å². The molecule has 238 valence electrons. The van der Waals surface area contributed by atoms with Crippen LogP contribution in [0.2, 0.25) is 0 Å². The minimum atomic E-state index is -3.93. The maximum Gasteiger partial charge on any atom is 0.411 e. The normalized spacial score (nSPS) is 16.9. The third-order valence-corrected chi connectivity index (χ3v) is 9.28. The molecule has 0 aliphatic carbocycles. The number of phenolic OH excluding ortho intramolecular Hbond substituents is 1. The monoisotopic (exact) mass is 644 g/mol. The molecule has 3 aromatic carbocycles. The molecule has 0 radical (unpaired) electrons. The lowest BCUT2D eigenvalue weighted by atomic mass is 9.93. The zero-order chi connectivity index (χ0) is 33.1. The van der Waals surface area contributed by atoms with Gasteiger partial charge in [-0.25, -0.2) is 22.0 Å². The van der Waals surface area contributed by atoms with Gasteiger partial charge >= 0.3 is 6.09 Å². The number of primary amides is 1. The van der Waals surface area contributed by atoms with Gasteiger partial charge in [-0.15, -0.1) is 0 Å². The van der Waals surface area contributed by atoms with E-state index >= 15 is 0 Å². The van der Waals surface area contributed by atoms with Gasteiger partial charge in [-0.3, -0.25) is 14.9 Å². The topological polar surface area (TPSA) is 185 Å². The molecular weight excluding hydrogens is 614 g/mol. The molecule has 3 amide bonds. The van der Waals surface area contributed by atoms with Crippen LogP contribution in [0.1, 0.15) is 46.9 Å². The van der Waals surface area contributed by atoms with Crippen LogP contribution in [0.5, 0.6) is 5.75 Å². The van der Waals surface area contributed by atoms with E-state index in [0.29, 0.717) is 6.29 Å². The number of methoxy groups -OCH3 is 1. The zero-order valence-corrected chi connectivity index (χ0v) is 24.9. The van der Waals surface area contributed by atoms with Crippen molar-refractivity contribution in [2.75, 3.05) is 30.0 Å². The number of carbonyl (C=O) groups is 4. The van der Waals surface area contributed by atoms with E-state index in [2.05, 4.69) is 15.4 Å². The van der Waals surface area contributed by atoms with Crippen LogP contribution in [0, 0.1) is 17.6 Å². The van der Waals surface area contributed by atoms with Gasteiger partial charge in [0.1, 0.15) is 18.1 Å². The highest BCUT2D eigenvalue weighted by molar-refractivity contribution is 7.91. The second-order valence-electron chi connectivity index (χ2n) is 10.2. The van der Waals surface area contributed by atoms with Crippen LogP contribution in [0.25, 0.3) is 0 Å². The van der Waals surface area contributed by atoms with Crippen molar-refractivity contribution in [3.8, 4) is 5.75 Å². The predicted molar refractivity (Wildman–Crippen MR) is 158 cm³/mol. The van der Waals surface area contributed by atoms with Gasteiger partial charge in [0.25, 0.3) is 0 Å². The molecule has 15 heteroatoms. The van der Waals surface area contributed by atoms with Crippen molar-refractivity contribution in [3.05, 3.63) is 82.9 Å². The Morgan fingerprint density at radius 1 is 1.11 bits per heavy atom. The number of hydrogen-bond acceptors (Lipinski definition) is 9. The number of aldehydes is 1. The second-order valence-corrected chi connectivity index (χ2v) is 12.4. The molecule has 1 heterocycles. The van der Waals surface area contributed by atoms with Crippen molar-refractivity contribution in [1.29, 1.82) is 0 Å². The number of halogens is 2. The number of sulfone groups is 1. The molecule has 1 saturated heterocycles. The average molecular weight is 645 g/mol. The summed E-state index contributed by atoms with van der Waals surface area (Å²) in [6, 6.07) is 7.39. The Hall–Kier alpha value is -5.05. The lowest BCUT2D eigenvalue weighted by molar-refractivity contribution is -0.133. The number of aromatic hydroxyl groups is 1. The van der Waals surface area contributed by atoms with Gasteiger partial charge in [-0.2, -0.15) is 0 Å². The van der Waals surface area contributed by atoms with E-state index in [1.165, 1.54) is 36.1 Å². The van der Waals surface area contributed by atoms with Crippen molar-refractivity contribution < 1.29 is 46.2 Å². The quantitative estimate of drug-likeness (QED) is 0.239. The van der Waals surface area contributed by atoms with Crippen molar-refractivity contribution in [1.82, 2.24) is 4.90 Å². The summed E-state index contributed by atoms with van der Waals surface area (Å²) in [5.41, 5.74) is 5.08. The van der Waals surface area contributed by atoms with Gasteiger partial charge in [-0.1, -0.05) is 13.0 Å². The summed E-state index contributed by atoms with van der Waals surface area (Å²) in [7, 11) is -2.80. The molecular formula is C30H30F2N4O8S. The first-order chi connectivity index (χ1) is 21.3. The number of nitrogens with zero attached hydrogens (tertiary/aromatic N) is 1. The van der Waals surface area contributed by atoms with Crippen LogP contribution in [0.4, 0.5) is 25.0 Å². The molecule has 1 aliphatic heterocycles. The zero-order valence-electron chi connectivity index (χ0n) is 24.1. The summed E-state index contributed by atoms with van der Waals surface area (Å²) in [6.45, 7) is 1.37. The summed E-state index contributed by atoms with van der Waals surface area (Å²) in [4.78, 5) is 51.4. The first kappa shape index (κ1) is 32.9. The van der Waals surface area contributed by atoms with Crippen LogP contribution in [0.15, 0.2) is 59.5 Å². The highest BCUT2D eigenvalue weighted by Crippen LogP contribution is 2.42. The Morgan fingerprint density at radius 2 is 1.82 bits per heavy atom. The average Bonchev–Trinajstić information content (AvgIpc) is 3.45. The van der Waals surface area contributed by atoms with Crippen molar-refractivity contribution in [2.24, 2.45) is 11.7 Å². The Bertz CT molecular complexity index is 1770. The summed E-state index contributed by atoms with van der Waals surface area (Å²) in [5, 5.41) is 15.2. The number of ether oxygens (including phenoxy) is 1. The van der Waals surface area contributed by atoms with E-state index in [1.807, 2.05) is 0 Å². The van der Waals surface area contributed by atoms with Crippen LogP contribution < -0.4 is 16.4 Å². The number of hydrogen-bond donors (Lipinski definition) is 4. The van der Waals surface area contributed by atoms with Gasteiger partial charge in [-0.05, 0) is 66.1 Å². The number of benzene rings is 3. The maximum absolute atomic E-state index is 14.9. The van der Waals surface area contributed by atoms with Crippen molar-refractivity contribution in [2.45, 2.75) is 30.3 Å². The predicted octanol–water partition coefficient (Wildman–Crippen LogP) is 3.68. The number of nitrogens with two attached hydrogens (primary N) is 1. The Labute approximate surface area is 257 Å². The van der Waals surface area contributed by atoms with E-state index in [1.54, 1.807) is 0 Å². The smallest absolute Gasteiger partial charge is 0.411 e. The number of nitrogens with one attached hydrogen (secondary N) is 2. The minimum absolute atomic E-state index is 0.0152. The molecule has 0 bridgehead atoms. The first-order valence-electron chi connectivity index (χ1n) is 13.6. The third-order valence-electron chi connectivity index (χ3n) is 7.48. The maximum atomic E-state index is 14.9. The lowest BCUT2D eigenvalue weighted by Gasteiger charge is -2.32. The van der Waals surface area contributed by atoms with Crippen LogP contribution in [-0.2, 0) is 24.2 Å². The largest absolute Gasteiger partial charge is 0.505 e. The SMILES string of the molecule is CCS(=O)(=O)c1ccc(NC(=O)OC)cc1[C@H]1[C@@H](C=O)CCN1C(=O)[C@@H](Nc1cc(C(N)=O)ccc1F)c1ccc(F)c(O)c1. The lowest BCUT2D eigenvalue weighted by Crippen LogP contribution is -2.39.